The van der Waals surface area contributed by atoms with Gasteiger partial charge >= 0.3 is 0 Å². The molecule has 4 nitrogen and oxygen atoms in total. The molecule has 5 heteroatoms. The van der Waals surface area contributed by atoms with E-state index in [2.05, 4.69) is 4.72 Å². The van der Waals surface area contributed by atoms with Crippen LogP contribution in [-0.2, 0) is 10.0 Å². The highest BCUT2D eigenvalue weighted by Gasteiger charge is 2.19. The van der Waals surface area contributed by atoms with Crippen LogP contribution < -0.4 is 9.46 Å². The van der Waals surface area contributed by atoms with E-state index in [-0.39, 0.29) is 10.8 Å². The van der Waals surface area contributed by atoms with Crippen molar-refractivity contribution in [2.45, 2.75) is 38.0 Å². The van der Waals surface area contributed by atoms with Gasteiger partial charge in [0.1, 0.15) is 10.6 Å². The highest BCUT2D eigenvalue weighted by atomic mass is 32.2. The molecule has 0 aliphatic heterocycles. The van der Waals surface area contributed by atoms with E-state index in [1.807, 2.05) is 26.8 Å². The first kappa shape index (κ1) is 15.0. The van der Waals surface area contributed by atoms with Gasteiger partial charge in [0.15, 0.2) is 0 Å². The van der Waals surface area contributed by atoms with Gasteiger partial charge < -0.3 is 4.74 Å². The first-order valence-corrected chi connectivity index (χ1v) is 7.58. The van der Waals surface area contributed by atoms with Crippen LogP contribution in [0.25, 0.3) is 0 Å². The second-order valence-electron chi connectivity index (χ2n) is 4.46. The Balaban J connectivity index is 3.23. The lowest BCUT2D eigenvalue weighted by atomic mass is 10.0. The Hall–Kier alpha value is -1.07. The van der Waals surface area contributed by atoms with Gasteiger partial charge in [0, 0.05) is 6.54 Å². The van der Waals surface area contributed by atoms with Crippen LogP contribution in [0.5, 0.6) is 5.75 Å². The molecule has 0 saturated carbocycles. The average molecular weight is 271 g/mol. The highest BCUT2D eigenvalue weighted by Crippen LogP contribution is 2.27. The fraction of sp³-hybridized carbons (Fsp3) is 0.538. The Labute approximate surface area is 109 Å². The molecule has 0 radical (unpaired) electrons. The van der Waals surface area contributed by atoms with Crippen molar-refractivity contribution in [2.75, 3.05) is 13.7 Å². The highest BCUT2D eigenvalue weighted by molar-refractivity contribution is 7.89. The summed E-state index contributed by atoms with van der Waals surface area (Å²) in [4.78, 5) is 0.213. The van der Waals surface area contributed by atoms with Crippen LogP contribution >= 0.6 is 0 Å². The molecule has 1 N–H and O–H groups in total. The van der Waals surface area contributed by atoms with Crippen LogP contribution in [0, 0.1) is 0 Å². The maximum absolute atomic E-state index is 12.2. The molecule has 0 aromatic heterocycles. The van der Waals surface area contributed by atoms with Gasteiger partial charge in [-0.1, -0.05) is 26.8 Å². The molecule has 0 aliphatic carbocycles. The number of hydrogen-bond acceptors (Lipinski definition) is 3. The van der Waals surface area contributed by atoms with E-state index in [4.69, 9.17) is 4.74 Å². The fourth-order valence-electron chi connectivity index (χ4n) is 1.58. The Morgan fingerprint density at radius 2 is 2.00 bits per heavy atom. The summed E-state index contributed by atoms with van der Waals surface area (Å²) in [6.07, 6.45) is 0.755. The lowest BCUT2D eigenvalue weighted by Crippen LogP contribution is -2.25. The minimum absolute atomic E-state index is 0.213. The summed E-state index contributed by atoms with van der Waals surface area (Å²) in [5, 5.41) is 0. The molecule has 18 heavy (non-hydrogen) atoms. The number of nitrogens with one attached hydrogen (secondary N) is 1. The van der Waals surface area contributed by atoms with Gasteiger partial charge in [-0.3, -0.25) is 0 Å². The predicted octanol–water partition coefficient (Wildman–Crippen LogP) is 2.51. The van der Waals surface area contributed by atoms with Gasteiger partial charge in [-0.05, 0) is 30.0 Å². The Morgan fingerprint density at radius 1 is 1.33 bits per heavy atom. The van der Waals surface area contributed by atoms with Crippen molar-refractivity contribution in [1.29, 1.82) is 0 Å². The molecule has 0 bridgehead atoms. The maximum Gasteiger partial charge on any atom is 0.244 e. The third-order valence-corrected chi connectivity index (χ3v) is 4.17. The zero-order valence-corrected chi connectivity index (χ0v) is 12.2. The van der Waals surface area contributed by atoms with Crippen molar-refractivity contribution in [3.63, 3.8) is 0 Å². The van der Waals surface area contributed by atoms with Crippen LogP contribution in [0.2, 0.25) is 0 Å². The third-order valence-electron chi connectivity index (χ3n) is 2.69. The summed E-state index contributed by atoms with van der Waals surface area (Å²) in [6, 6.07) is 5.28. The molecular formula is C13H21NO3S. The number of methoxy groups -OCH3 is 1. The maximum atomic E-state index is 12.2. The summed E-state index contributed by atoms with van der Waals surface area (Å²) < 4.78 is 32.0. The molecule has 1 aromatic rings. The minimum atomic E-state index is -3.50. The minimum Gasteiger partial charge on any atom is -0.495 e. The molecule has 0 heterocycles. The molecule has 0 atom stereocenters. The number of rotatable bonds is 6. The fourth-order valence-corrected chi connectivity index (χ4v) is 2.91. The molecule has 0 spiro atoms. The summed E-state index contributed by atoms with van der Waals surface area (Å²) >= 11 is 0. The van der Waals surface area contributed by atoms with E-state index in [0.717, 1.165) is 12.0 Å². The van der Waals surface area contributed by atoms with E-state index in [0.29, 0.717) is 12.3 Å². The van der Waals surface area contributed by atoms with E-state index in [9.17, 15) is 8.42 Å². The van der Waals surface area contributed by atoms with Gasteiger partial charge in [-0.15, -0.1) is 0 Å². The Morgan fingerprint density at radius 3 is 2.50 bits per heavy atom. The average Bonchev–Trinajstić information content (AvgIpc) is 2.35. The van der Waals surface area contributed by atoms with Crippen molar-refractivity contribution in [3.8, 4) is 5.75 Å². The molecule has 0 aliphatic rings. The van der Waals surface area contributed by atoms with Gasteiger partial charge in [0.25, 0.3) is 0 Å². The smallest absolute Gasteiger partial charge is 0.244 e. The second kappa shape index (κ2) is 6.20. The van der Waals surface area contributed by atoms with Crippen molar-refractivity contribution in [3.05, 3.63) is 23.8 Å². The largest absolute Gasteiger partial charge is 0.495 e. The molecule has 0 saturated heterocycles. The lowest BCUT2D eigenvalue weighted by Gasteiger charge is -2.13. The molecule has 102 valence electrons. The molecule has 1 aromatic carbocycles. The van der Waals surface area contributed by atoms with Gasteiger partial charge in [0.05, 0.1) is 7.11 Å². The van der Waals surface area contributed by atoms with Crippen LogP contribution in [0.1, 0.15) is 38.7 Å². The topological polar surface area (TPSA) is 55.4 Å². The van der Waals surface area contributed by atoms with E-state index < -0.39 is 10.0 Å². The van der Waals surface area contributed by atoms with Crippen LogP contribution in [-0.4, -0.2) is 22.1 Å². The number of hydrogen-bond donors (Lipinski definition) is 1. The van der Waals surface area contributed by atoms with E-state index in [1.165, 1.54) is 7.11 Å². The molecule has 0 fully saturated rings. The summed E-state index contributed by atoms with van der Waals surface area (Å²) in [6.45, 7) is 6.40. The van der Waals surface area contributed by atoms with Crippen molar-refractivity contribution >= 4 is 10.0 Å². The zero-order chi connectivity index (χ0) is 13.8. The summed E-state index contributed by atoms with van der Waals surface area (Å²) in [5.74, 6) is 0.652. The Kier molecular flexibility index (Phi) is 5.16. The molecule has 0 unspecified atom stereocenters. The van der Waals surface area contributed by atoms with Crippen molar-refractivity contribution < 1.29 is 13.2 Å². The quantitative estimate of drug-likeness (QED) is 0.865. The number of ether oxygens (including phenoxy) is 1. The third kappa shape index (κ3) is 3.46. The number of benzene rings is 1. The van der Waals surface area contributed by atoms with Crippen LogP contribution in [0.4, 0.5) is 0 Å². The predicted molar refractivity (Wildman–Crippen MR) is 72.6 cm³/mol. The molecule has 0 amide bonds. The van der Waals surface area contributed by atoms with Gasteiger partial charge in [-0.2, -0.15) is 0 Å². The first-order valence-electron chi connectivity index (χ1n) is 6.10. The van der Waals surface area contributed by atoms with Crippen LogP contribution in [0.15, 0.2) is 23.1 Å². The first-order chi connectivity index (χ1) is 8.42. The number of sulfonamides is 1. The van der Waals surface area contributed by atoms with Crippen molar-refractivity contribution in [2.24, 2.45) is 0 Å². The standard InChI is InChI=1S/C13H21NO3S/c1-5-8-14-18(15,16)13-9-11(10(2)3)6-7-12(13)17-4/h6-7,9-10,14H,5,8H2,1-4H3. The Bertz CT molecular complexity index is 495. The zero-order valence-electron chi connectivity index (χ0n) is 11.4. The van der Waals surface area contributed by atoms with Crippen molar-refractivity contribution in [1.82, 2.24) is 4.72 Å². The lowest BCUT2D eigenvalue weighted by molar-refractivity contribution is 0.402. The van der Waals surface area contributed by atoms with Crippen LogP contribution in [0.3, 0.4) is 0 Å². The SMILES string of the molecule is CCCNS(=O)(=O)c1cc(C(C)C)ccc1OC. The second-order valence-corrected chi connectivity index (χ2v) is 6.20. The summed E-state index contributed by atoms with van der Waals surface area (Å²) in [7, 11) is -2.02. The summed E-state index contributed by atoms with van der Waals surface area (Å²) in [5.41, 5.74) is 0.979. The molecule has 1 rings (SSSR count). The van der Waals surface area contributed by atoms with Gasteiger partial charge in [-0.25, -0.2) is 13.1 Å². The van der Waals surface area contributed by atoms with Gasteiger partial charge in [0.2, 0.25) is 10.0 Å². The molecular weight excluding hydrogens is 250 g/mol. The van der Waals surface area contributed by atoms with E-state index in [1.54, 1.807) is 12.1 Å². The monoisotopic (exact) mass is 271 g/mol. The van der Waals surface area contributed by atoms with E-state index >= 15 is 0 Å². The normalized spacial score (nSPS) is 11.8.